The second-order valence-electron chi connectivity index (χ2n) is 6.63. The van der Waals surface area contributed by atoms with Crippen molar-refractivity contribution in [2.45, 2.75) is 38.2 Å². The summed E-state index contributed by atoms with van der Waals surface area (Å²) in [5.74, 6) is -0.237. The number of alkyl halides is 3. The van der Waals surface area contributed by atoms with Gasteiger partial charge in [-0.05, 0) is 44.0 Å². The molecule has 2 aliphatic rings. The van der Waals surface area contributed by atoms with E-state index in [1.807, 2.05) is 13.1 Å². The number of hydrogen-bond acceptors (Lipinski definition) is 4. The lowest BCUT2D eigenvalue weighted by Crippen LogP contribution is -2.51. The van der Waals surface area contributed by atoms with E-state index in [0.29, 0.717) is 17.8 Å². The van der Waals surface area contributed by atoms with Crippen molar-refractivity contribution in [3.63, 3.8) is 0 Å². The van der Waals surface area contributed by atoms with E-state index in [0.717, 1.165) is 24.5 Å². The molecule has 2 fully saturated rings. The molecule has 5 nitrogen and oxygen atoms in total. The highest BCUT2D eigenvalue weighted by molar-refractivity contribution is 5.52. The molecule has 0 aliphatic carbocycles. The average molecular weight is 352 g/mol. The van der Waals surface area contributed by atoms with E-state index in [9.17, 15) is 13.2 Å². The van der Waals surface area contributed by atoms with Crippen LogP contribution in [0.4, 0.5) is 18.9 Å². The van der Waals surface area contributed by atoms with Crippen LogP contribution in [0, 0.1) is 6.92 Å². The normalized spacial score (nSPS) is 23.1. The number of aromatic nitrogens is 2. The van der Waals surface area contributed by atoms with Crippen molar-refractivity contribution < 1.29 is 17.9 Å². The fraction of sp³-hybridized carbons (Fsp3) is 0.471. The smallest absolute Gasteiger partial charge is 0.406 e. The third kappa shape index (κ3) is 3.44. The SMILES string of the molecule is Cc1nn(-c2ccc(OC(F)(F)F)cc2)cc1N1C[C@H]2CC[C@@H](C1)N2. The highest BCUT2D eigenvalue weighted by Crippen LogP contribution is 2.29. The number of fused-ring (bicyclic) bond motifs is 2. The molecule has 2 saturated heterocycles. The molecular weight excluding hydrogens is 333 g/mol. The Morgan fingerprint density at radius 2 is 1.76 bits per heavy atom. The van der Waals surface area contributed by atoms with Crippen LogP contribution in [0.5, 0.6) is 5.75 Å². The highest BCUT2D eigenvalue weighted by atomic mass is 19.4. The summed E-state index contributed by atoms with van der Waals surface area (Å²) in [4.78, 5) is 2.35. The number of nitrogens with one attached hydrogen (secondary N) is 1. The summed E-state index contributed by atoms with van der Waals surface area (Å²) in [5, 5.41) is 8.12. The first-order chi connectivity index (χ1) is 11.9. The molecule has 0 unspecified atom stereocenters. The van der Waals surface area contributed by atoms with Crippen molar-refractivity contribution >= 4 is 5.69 Å². The van der Waals surface area contributed by atoms with Gasteiger partial charge in [0.25, 0.3) is 0 Å². The van der Waals surface area contributed by atoms with Gasteiger partial charge in [-0.25, -0.2) is 4.68 Å². The second-order valence-corrected chi connectivity index (χ2v) is 6.63. The van der Waals surface area contributed by atoms with Crippen LogP contribution in [0.15, 0.2) is 30.5 Å². The number of rotatable bonds is 3. The van der Waals surface area contributed by atoms with Crippen LogP contribution >= 0.6 is 0 Å². The molecule has 25 heavy (non-hydrogen) atoms. The van der Waals surface area contributed by atoms with Gasteiger partial charge in [-0.2, -0.15) is 5.10 Å². The summed E-state index contributed by atoms with van der Waals surface area (Å²) in [5.41, 5.74) is 2.69. The van der Waals surface area contributed by atoms with Gasteiger partial charge >= 0.3 is 6.36 Å². The maximum atomic E-state index is 12.2. The number of hydrogen-bond donors (Lipinski definition) is 1. The quantitative estimate of drug-likeness (QED) is 0.922. The first kappa shape index (κ1) is 16.3. The van der Waals surface area contributed by atoms with Crippen molar-refractivity contribution in [3.8, 4) is 11.4 Å². The Hall–Kier alpha value is -2.22. The second kappa shape index (κ2) is 5.94. The molecule has 2 aliphatic heterocycles. The van der Waals surface area contributed by atoms with Crippen LogP contribution in [-0.4, -0.2) is 41.3 Å². The molecule has 2 aromatic rings. The molecule has 134 valence electrons. The standard InChI is InChI=1S/C17H19F3N4O/c1-11-16(23-8-12-2-3-13(9-23)21-12)10-24(22-11)14-4-6-15(7-5-14)25-17(18,19)20/h4-7,10,12-13,21H,2-3,8-9H2,1H3/t12-,13+. The molecule has 1 N–H and O–H groups in total. The molecule has 1 aromatic heterocycles. The number of piperazine rings is 1. The summed E-state index contributed by atoms with van der Waals surface area (Å²) in [7, 11) is 0. The molecule has 0 radical (unpaired) electrons. The van der Waals surface area contributed by atoms with E-state index in [1.165, 1.54) is 25.0 Å². The van der Waals surface area contributed by atoms with Crippen LogP contribution in [0.1, 0.15) is 18.5 Å². The Kier molecular flexibility index (Phi) is 3.87. The molecule has 0 amide bonds. The Morgan fingerprint density at radius 1 is 1.12 bits per heavy atom. The molecule has 4 rings (SSSR count). The van der Waals surface area contributed by atoms with Crippen LogP contribution in [0.25, 0.3) is 5.69 Å². The molecule has 3 heterocycles. The van der Waals surface area contributed by atoms with Crippen molar-refractivity contribution in [2.24, 2.45) is 0 Å². The number of halogens is 3. The van der Waals surface area contributed by atoms with Gasteiger partial charge < -0.3 is 15.0 Å². The summed E-state index contributed by atoms with van der Waals surface area (Å²) >= 11 is 0. The number of nitrogens with zero attached hydrogens (tertiary/aromatic N) is 3. The molecule has 2 atom stereocenters. The van der Waals surface area contributed by atoms with Gasteiger partial charge in [-0.3, -0.25) is 0 Å². The molecular formula is C17H19F3N4O. The van der Waals surface area contributed by atoms with E-state index < -0.39 is 6.36 Å². The summed E-state index contributed by atoms with van der Waals surface area (Å²) in [6.45, 7) is 3.87. The van der Waals surface area contributed by atoms with Crippen molar-refractivity contribution in [2.75, 3.05) is 18.0 Å². The number of anilines is 1. The minimum Gasteiger partial charge on any atom is -0.406 e. The first-order valence-corrected chi connectivity index (χ1v) is 8.31. The Labute approximate surface area is 143 Å². The largest absolute Gasteiger partial charge is 0.573 e. The maximum Gasteiger partial charge on any atom is 0.573 e. The van der Waals surface area contributed by atoms with Gasteiger partial charge in [0.05, 0.1) is 23.3 Å². The maximum absolute atomic E-state index is 12.2. The van der Waals surface area contributed by atoms with Gasteiger partial charge in [0.1, 0.15) is 5.75 Å². The zero-order valence-corrected chi connectivity index (χ0v) is 13.8. The van der Waals surface area contributed by atoms with Crippen molar-refractivity contribution in [1.29, 1.82) is 0 Å². The Bertz CT molecular complexity index is 744. The van der Waals surface area contributed by atoms with Crippen molar-refractivity contribution in [3.05, 3.63) is 36.2 Å². The van der Waals surface area contributed by atoms with Crippen LogP contribution < -0.4 is 15.0 Å². The van der Waals surface area contributed by atoms with Crippen LogP contribution in [0.2, 0.25) is 0 Å². The van der Waals surface area contributed by atoms with E-state index in [-0.39, 0.29) is 5.75 Å². The fourth-order valence-corrected chi connectivity index (χ4v) is 3.69. The molecule has 0 saturated carbocycles. The monoisotopic (exact) mass is 352 g/mol. The molecule has 0 spiro atoms. The Morgan fingerprint density at radius 3 is 2.36 bits per heavy atom. The highest BCUT2D eigenvalue weighted by Gasteiger charge is 2.33. The van der Waals surface area contributed by atoms with Gasteiger partial charge in [0, 0.05) is 25.2 Å². The third-order valence-electron chi connectivity index (χ3n) is 4.77. The minimum atomic E-state index is -4.68. The lowest BCUT2D eigenvalue weighted by Gasteiger charge is -2.34. The third-order valence-corrected chi connectivity index (χ3v) is 4.77. The number of ether oxygens (including phenoxy) is 1. The average Bonchev–Trinajstić information content (AvgIpc) is 3.09. The van der Waals surface area contributed by atoms with Gasteiger partial charge in [0.15, 0.2) is 0 Å². The van der Waals surface area contributed by atoms with Gasteiger partial charge in [-0.15, -0.1) is 13.2 Å². The van der Waals surface area contributed by atoms with Crippen LogP contribution in [-0.2, 0) is 0 Å². The number of benzene rings is 1. The molecule has 1 aromatic carbocycles. The lowest BCUT2D eigenvalue weighted by atomic mass is 10.2. The number of aryl methyl sites for hydroxylation is 1. The van der Waals surface area contributed by atoms with E-state index in [4.69, 9.17) is 0 Å². The first-order valence-electron chi connectivity index (χ1n) is 8.31. The zero-order valence-electron chi connectivity index (χ0n) is 13.8. The summed E-state index contributed by atoms with van der Waals surface area (Å²) in [6.07, 6.45) is -0.331. The van der Waals surface area contributed by atoms with Crippen LogP contribution in [0.3, 0.4) is 0 Å². The molecule has 8 heteroatoms. The lowest BCUT2D eigenvalue weighted by molar-refractivity contribution is -0.274. The van der Waals surface area contributed by atoms with Crippen molar-refractivity contribution in [1.82, 2.24) is 15.1 Å². The van der Waals surface area contributed by atoms with E-state index in [1.54, 1.807) is 16.8 Å². The predicted octanol–water partition coefficient (Wildman–Crippen LogP) is 3.02. The zero-order chi connectivity index (χ0) is 17.6. The summed E-state index contributed by atoms with van der Waals surface area (Å²) in [6, 6.07) is 6.78. The minimum absolute atomic E-state index is 0.237. The van der Waals surface area contributed by atoms with Gasteiger partial charge in [-0.1, -0.05) is 0 Å². The fourth-order valence-electron chi connectivity index (χ4n) is 3.69. The van der Waals surface area contributed by atoms with E-state index >= 15 is 0 Å². The Balaban J connectivity index is 1.54. The molecule has 2 bridgehead atoms. The topological polar surface area (TPSA) is 42.3 Å². The van der Waals surface area contributed by atoms with Gasteiger partial charge in [0.2, 0.25) is 0 Å². The predicted molar refractivity (Wildman–Crippen MR) is 87.1 cm³/mol. The van der Waals surface area contributed by atoms with E-state index in [2.05, 4.69) is 20.1 Å². The summed E-state index contributed by atoms with van der Waals surface area (Å²) < 4.78 is 42.3.